The minimum Gasteiger partial charge on any atom is -0.299 e. The molecule has 8 atom stereocenters. The van der Waals surface area contributed by atoms with Crippen molar-refractivity contribution in [3.63, 3.8) is 0 Å². The van der Waals surface area contributed by atoms with Crippen LogP contribution in [0.15, 0.2) is 35.9 Å². The van der Waals surface area contributed by atoms with E-state index in [1.165, 1.54) is 4.90 Å². The van der Waals surface area contributed by atoms with Gasteiger partial charge in [-0.15, -0.1) is 0 Å². The van der Waals surface area contributed by atoms with Crippen molar-refractivity contribution in [2.75, 3.05) is 6.54 Å². The highest BCUT2D eigenvalue weighted by Gasteiger charge is 2.72. The van der Waals surface area contributed by atoms with Gasteiger partial charge in [0.15, 0.2) is 5.78 Å². The number of Topliss-reactive ketones (excluding diaryl/α,β-unsaturated/α-hetero) is 2. The third-order valence-corrected chi connectivity index (χ3v) is 15.0. The van der Waals surface area contributed by atoms with E-state index in [9.17, 15) is 24.4 Å². The average molecular weight is 609 g/mol. The van der Waals surface area contributed by atoms with Crippen LogP contribution in [0.1, 0.15) is 121 Å². The molecule has 2 amide bonds. The third kappa shape index (κ3) is 3.79. The smallest absolute Gasteiger partial charge is 0.261 e. The van der Waals surface area contributed by atoms with Gasteiger partial charge < -0.3 is 0 Å². The summed E-state index contributed by atoms with van der Waals surface area (Å²) in [5.74, 6) is -0.136. The molecule has 238 valence electrons. The Labute approximate surface area is 268 Å². The Bertz CT molecular complexity index is 1590. The van der Waals surface area contributed by atoms with Crippen LogP contribution >= 0.6 is 0 Å². The fraction of sp³-hybridized carbons (Fsp3) is 0.667. The number of allylic oxidation sites excluding steroid dienone is 2. The summed E-state index contributed by atoms with van der Waals surface area (Å²) in [4.78, 5) is 57.0. The standard InChI is InChI=1S/C39H48N2O4/c1-34(2)14-16-39(22-41-32(44)24-10-8-9-11-25(24)33(41)45)17-15-38(7)30(26(39)20-34)27(42)18-29-36(5)19-23(21-40)31(43)35(3,4)28(36)12-13-37(29,38)6/h8-11,19,26,28-30H,12-18,20,22H2,1-7H3/t26?,28-,29+,30?,36-,37+,38+,39+/m0/s1. The Morgan fingerprint density at radius 3 is 2.07 bits per heavy atom. The molecule has 7 rings (SSSR count). The normalized spacial score (nSPS) is 42.9. The van der Waals surface area contributed by atoms with Crippen LogP contribution in [-0.2, 0) is 9.59 Å². The lowest BCUT2D eigenvalue weighted by Gasteiger charge is -2.72. The summed E-state index contributed by atoms with van der Waals surface area (Å²) in [6.45, 7) is 16.0. The van der Waals surface area contributed by atoms with Crippen LogP contribution in [0.25, 0.3) is 0 Å². The van der Waals surface area contributed by atoms with Gasteiger partial charge in [-0.3, -0.25) is 24.1 Å². The second kappa shape index (κ2) is 9.26. The van der Waals surface area contributed by atoms with Gasteiger partial charge in [0, 0.05) is 24.3 Å². The lowest BCUT2D eigenvalue weighted by molar-refractivity contribution is -0.223. The number of imide groups is 1. The molecule has 4 saturated carbocycles. The molecular weight excluding hydrogens is 560 g/mol. The van der Waals surface area contributed by atoms with Crippen LogP contribution in [0.4, 0.5) is 0 Å². The Balaban J connectivity index is 1.30. The Morgan fingerprint density at radius 2 is 1.44 bits per heavy atom. The van der Waals surface area contributed by atoms with E-state index in [-0.39, 0.29) is 68.5 Å². The molecule has 0 spiro atoms. The van der Waals surface area contributed by atoms with Crippen molar-refractivity contribution in [1.82, 2.24) is 4.90 Å². The molecule has 6 heteroatoms. The summed E-state index contributed by atoms with van der Waals surface area (Å²) in [6.07, 6.45) is 8.82. The first-order valence-electron chi connectivity index (χ1n) is 17.1. The van der Waals surface area contributed by atoms with Crippen molar-refractivity contribution >= 4 is 23.4 Å². The van der Waals surface area contributed by atoms with Crippen LogP contribution in [-0.4, -0.2) is 34.8 Å². The van der Waals surface area contributed by atoms with Crippen molar-refractivity contribution in [2.45, 2.75) is 99.8 Å². The van der Waals surface area contributed by atoms with Crippen molar-refractivity contribution < 1.29 is 19.2 Å². The van der Waals surface area contributed by atoms with E-state index in [1.54, 1.807) is 12.1 Å². The van der Waals surface area contributed by atoms with Crippen molar-refractivity contribution in [3.05, 3.63) is 47.0 Å². The minimum absolute atomic E-state index is 0.0357. The number of amides is 2. The first-order chi connectivity index (χ1) is 21.0. The van der Waals surface area contributed by atoms with Crippen molar-refractivity contribution in [1.29, 1.82) is 5.26 Å². The summed E-state index contributed by atoms with van der Waals surface area (Å²) in [7, 11) is 0. The summed E-state index contributed by atoms with van der Waals surface area (Å²) in [6, 6.07) is 9.35. The van der Waals surface area contributed by atoms with Gasteiger partial charge in [-0.25, -0.2) is 0 Å². The van der Waals surface area contributed by atoms with Crippen LogP contribution in [0, 0.1) is 67.5 Å². The molecule has 0 radical (unpaired) electrons. The molecule has 1 aromatic carbocycles. The van der Waals surface area contributed by atoms with E-state index in [0.717, 1.165) is 44.9 Å². The van der Waals surface area contributed by atoms with Crippen LogP contribution in [0.3, 0.4) is 0 Å². The van der Waals surface area contributed by atoms with Gasteiger partial charge in [-0.05, 0) is 102 Å². The number of benzene rings is 1. The van der Waals surface area contributed by atoms with Gasteiger partial charge in [0.25, 0.3) is 11.8 Å². The molecule has 6 aliphatic rings. The molecule has 6 nitrogen and oxygen atoms in total. The molecule has 0 saturated heterocycles. The maximum absolute atomic E-state index is 14.9. The Morgan fingerprint density at radius 1 is 0.822 bits per heavy atom. The second-order valence-corrected chi connectivity index (χ2v) is 17.8. The molecule has 0 bridgehead atoms. The fourth-order valence-electron chi connectivity index (χ4n) is 12.4. The number of carbonyl (C=O) groups is 4. The number of nitrogens with zero attached hydrogens (tertiary/aromatic N) is 2. The number of hydrogen-bond donors (Lipinski definition) is 0. The van der Waals surface area contributed by atoms with Crippen molar-refractivity contribution in [3.8, 4) is 6.07 Å². The maximum atomic E-state index is 14.9. The molecule has 45 heavy (non-hydrogen) atoms. The number of ketones is 2. The zero-order valence-corrected chi connectivity index (χ0v) is 28.1. The maximum Gasteiger partial charge on any atom is 0.261 e. The van der Waals surface area contributed by atoms with Gasteiger partial charge >= 0.3 is 0 Å². The molecule has 0 aromatic heterocycles. The molecule has 4 fully saturated rings. The van der Waals surface area contributed by atoms with Crippen LogP contribution < -0.4 is 0 Å². The molecule has 1 heterocycles. The predicted octanol–water partition coefficient (Wildman–Crippen LogP) is 7.58. The Kier molecular flexibility index (Phi) is 6.29. The van der Waals surface area contributed by atoms with E-state index in [1.807, 2.05) is 32.1 Å². The van der Waals surface area contributed by atoms with Crippen molar-refractivity contribution in [2.24, 2.45) is 56.2 Å². The van der Waals surface area contributed by atoms with Crippen LogP contribution in [0.5, 0.6) is 0 Å². The summed E-state index contributed by atoms with van der Waals surface area (Å²) < 4.78 is 0. The first kappa shape index (κ1) is 30.6. The lowest BCUT2D eigenvalue weighted by Crippen LogP contribution is -2.69. The third-order valence-electron chi connectivity index (χ3n) is 15.0. The molecule has 1 aromatic rings. The molecule has 5 aliphatic carbocycles. The van der Waals surface area contributed by atoms with E-state index in [0.29, 0.717) is 29.9 Å². The highest BCUT2D eigenvalue weighted by atomic mass is 16.2. The number of carbonyl (C=O) groups excluding carboxylic acids is 4. The second-order valence-electron chi connectivity index (χ2n) is 17.8. The highest BCUT2D eigenvalue weighted by Crippen LogP contribution is 2.76. The van der Waals surface area contributed by atoms with Gasteiger partial charge in [0.2, 0.25) is 0 Å². The quantitative estimate of drug-likeness (QED) is 0.323. The zero-order valence-electron chi connectivity index (χ0n) is 28.1. The Hall–Kier alpha value is -3.07. The number of fused-ring (bicyclic) bond motifs is 8. The highest BCUT2D eigenvalue weighted by molar-refractivity contribution is 6.21. The fourth-order valence-corrected chi connectivity index (χ4v) is 12.4. The van der Waals surface area contributed by atoms with E-state index < -0.39 is 10.8 Å². The molecule has 1 aliphatic heterocycles. The summed E-state index contributed by atoms with van der Waals surface area (Å²) in [5, 5.41) is 10.0. The number of nitriles is 1. The van der Waals surface area contributed by atoms with Gasteiger partial charge in [-0.2, -0.15) is 5.26 Å². The molecular formula is C39H48N2O4. The van der Waals surface area contributed by atoms with Gasteiger partial charge in [0.1, 0.15) is 11.9 Å². The first-order valence-corrected chi connectivity index (χ1v) is 17.1. The minimum atomic E-state index is -0.655. The monoisotopic (exact) mass is 608 g/mol. The van der Waals surface area contributed by atoms with Gasteiger partial charge in [0.05, 0.1) is 16.7 Å². The SMILES string of the molecule is CC1(C)CC[C@]2(CN3C(=O)c4ccccc4C3=O)CC[C@]3(C)C(C(=O)C[C@@H]4[C@@]5(C)C=C(C#N)C(=O)C(C)(C)[C@@H]5CC[C@]43C)C2C1. The predicted molar refractivity (Wildman–Crippen MR) is 171 cm³/mol. The number of rotatable bonds is 2. The van der Waals surface area contributed by atoms with Crippen LogP contribution in [0.2, 0.25) is 0 Å². The average Bonchev–Trinajstić information content (AvgIpc) is 3.21. The molecule has 2 unspecified atom stereocenters. The molecule has 0 N–H and O–H groups in total. The number of hydrogen-bond acceptors (Lipinski definition) is 5. The van der Waals surface area contributed by atoms with E-state index in [4.69, 9.17) is 0 Å². The summed E-state index contributed by atoms with van der Waals surface area (Å²) in [5.41, 5.74) is -0.517. The van der Waals surface area contributed by atoms with E-state index in [2.05, 4.69) is 40.7 Å². The summed E-state index contributed by atoms with van der Waals surface area (Å²) >= 11 is 0. The van der Waals surface area contributed by atoms with E-state index >= 15 is 0 Å². The zero-order chi connectivity index (χ0) is 32.5. The van der Waals surface area contributed by atoms with Gasteiger partial charge in [-0.1, -0.05) is 66.7 Å². The largest absolute Gasteiger partial charge is 0.299 e. The topological polar surface area (TPSA) is 95.3 Å². The lowest BCUT2D eigenvalue weighted by atomic mass is 9.31.